The molecule has 15 heavy (non-hydrogen) atoms. The first-order chi connectivity index (χ1) is 7.19. The number of hydrazine groups is 1. The van der Waals surface area contributed by atoms with Gasteiger partial charge in [-0.1, -0.05) is 22.0 Å². The van der Waals surface area contributed by atoms with E-state index in [2.05, 4.69) is 27.3 Å². The lowest BCUT2D eigenvalue weighted by molar-refractivity contribution is 0.520. The molecule has 0 aliphatic rings. The Morgan fingerprint density at radius 3 is 2.87 bits per heavy atom. The van der Waals surface area contributed by atoms with Gasteiger partial charge in [-0.15, -0.1) is 12.3 Å². The maximum Gasteiger partial charge on any atom is 0.124 e. The first-order valence-electron chi connectivity index (χ1n) is 4.53. The van der Waals surface area contributed by atoms with Crippen LogP contribution in [-0.4, -0.2) is 0 Å². The summed E-state index contributed by atoms with van der Waals surface area (Å²) < 4.78 is 13.5. The highest BCUT2D eigenvalue weighted by atomic mass is 79.9. The molecule has 0 spiro atoms. The van der Waals surface area contributed by atoms with Crippen LogP contribution in [0.5, 0.6) is 0 Å². The Balaban J connectivity index is 2.87. The third kappa shape index (κ3) is 3.31. The van der Waals surface area contributed by atoms with Crippen LogP contribution in [-0.2, 0) is 0 Å². The SMILES string of the molecule is C#CCCC(NN)c1ccc(F)cc1Br. The largest absolute Gasteiger partial charge is 0.271 e. The van der Waals surface area contributed by atoms with Gasteiger partial charge in [0.2, 0.25) is 0 Å². The highest BCUT2D eigenvalue weighted by Crippen LogP contribution is 2.26. The van der Waals surface area contributed by atoms with Crippen LogP contribution in [0.1, 0.15) is 24.4 Å². The molecule has 0 aromatic heterocycles. The third-order valence-electron chi connectivity index (χ3n) is 2.12. The lowest BCUT2D eigenvalue weighted by Gasteiger charge is -2.16. The molecule has 4 heteroatoms. The molecule has 0 fully saturated rings. The molecular weight excluding hydrogens is 259 g/mol. The molecule has 1 aromatic carbocycles. The van der Waals surface area contributed by atoms with Crippen LogP contribution < -0.4 is 11.3 Å². The van der Waals surface area contributed by atoms with E-state index in [0.29, 0.717) is 10.9 Å². The van der Waals surface area contributed by atoms with Crippen molar-refractivity contribution >= 4 is 15.9 Å². The number of nitrogens with two attached hydrogens (primary N) is 1. The van der Waals surface area contributed by atoms with Crippen LogP contribution in [0.2, 0.25) is 0 Å². The van der Waals surface area contributed by atoms with Crippen LogP contribution in [0.3, 0.4) is 0 Å². The number of hydrogen-bond acceptors (Lipinski definition) is 2. The first-order valence-corrected chi connectivity index (χ1v) is 5.33. The summed E-state index contributed by atoms with van der Waals surface area (Å²) >= 11 is 3.29. The maximum absolute atomic E-state index is 12.9. The normalized spacial score (nSPS) is 12.1. The topological polar surface area (TPSA) is 38.0 Å². The third-order valence-corrected chi connectivity index (χ3v) is 2.80. The lowest BCUT2D eigenvalue weighted by Crippen LogP contribution is -2.28. The van der Waals surface area contributed by atoms with E-state index in [4.69, 9.17) is 12.3 Å². The smallest absolute Gasteiger partial charge is 0.124 e. The summed E-state index contributed by atoms with van der Waals surface area (Å²) in [5, 5.41) is 0. The fourth-order valence-electron chi connectivity index (χ4n) is 1.34. The fourth-order valence-corrected chi connectivity index (χ4v) is 1.97. The first kappa shape index (κ1) is 12.2. The molecule has 1 aromatic rings. The molecule has 0 aliphatic carbocycles. The molecule has 0 aliphatic heterocycles. The molecule has 1 rings (SSSR count). The zero-order valence-electron chi connectivity index (χ0n) is 8.13. The Bertz CT molecular complexity index is 373. The zero-order valence-corrected chi connectivity index (χ0v) is 9.72. The molecule has 3 N–H and O–H groups in total. The lowest BCUT2D eigenvalue weighted by atomic mass is 10.0. The molecule has 80 valence electrons. The second-order valence-corrected chi connectivity index (χ2v) is 3.98. The monoisotopic (exact) mass is 270 g/mol. The number of benzene rings is 1. The second kappa shape index (κ2) is 5.86. The number of hydrogen-bond donors (Lipinski definition) is 2. The van der Waals surface area contributed by atoms with E-state index in [1.165, 1.54) is 12.1 Å². The van der Waals surface area contributed by atoms with Gasteiger partial charge in [0.05, 0.1) is 0 Å². The van der Waals surface area contributed by atoms with E-state index in [0.717, 1.165) is 12.0 Å². The molecule has 0 saturated heterocycles. The van der Waals surface area contributed by atoms with Gasteiger partial charge in [0.15, 0.2) is 0 Å². The summed E-state index contributed by atoms with van der Waals surface area (Å²) in [4.78, 5) is 0. The predicted octanol–water partition coefficient (Wildman–Crippen LogP) is 2.51. The summed E-state index contributed by atoms with van der Waals surface area (Å²) in [7, 11) is 0. The Labute approximate surface area is 97.1 Å². The minimum atomic E-state index is -0.279. The van der Waals surface area contributed by atoms with Gasteiger partial charge in [-0.05, 0) is 24.1 Å². The Morgan fingerprint density at radius 2 is 2.33 bits per heavy atom. The number of terminal acetylenes is 1. The summed E-state index contributed by atoms with van der Waals surface area (Å²) in [6, 6.07) is 4.45. The maximum atomic E-state index is 12.9. The average molecular weight is 271 g/mol. The van der Waals surface area contributed by atoms with Crippen LogP contribution in [0, 0.1) is 18.2 Å². The predicted molar refractivity (Wildman–Crippen MR) is 62.2 cm³/mol. The second-order valence-electron chi connectivity index (χ2n) is 3.13. The van der Waals surface area contributed by atoms with E-state index in [9.17, 15) is 4.39 Å². The Hall–Kier alpha value is -0.890. The average Bonchev–Trinajstić information content (AvgIpc) is 2.21. The van der Waals surface area contributed by atoms with Crippen LogP contribution in [0.4, 0.5) is 4.39 Å². The summed E-state index contributed by atoms with van der Waals surface area (Å²) in [6.45, 7) is 0. The minimum absolute atomic E-state index is 0.0592. The van der Waals surface area contributed by atoms with Gasteiger partial charge in [-0.25, -0.2) is 4.39 Å². The molecular formula is C11H12BrFN2. The van der Waals surface area contributed by atoms with E-state index >= 15 is 0 Å². The van der Waals surface area contributed by atoms with Crippen molar-refractivity contribution < 1.29 is 4.39 Å². The van der Waals surface area contributed by atoms with Crippen molar-refractivity contribution in [3.8, 4) is 12.3 Å². The summed E-state index contributed by atoms with van der Waals surface area (Å²) in [5.74, 6) is 7.69. The van der Waals surface area contributed by atoms with Gasteiger partial charge in [0, 0.05) is 16.9 Å². The molecule has 0 heterocycles. The highest BCUT2D eigenvalue weighted by molar-refractivity contribution is 9.10. The molecule has 0 bridgehead atoms. The van der Waals surface area contributed by atoms with E-state index < -0.39 is 0 Å². The van der Waals surface area contributed by atoms with Crippen molar-refractivity contribution in [2.75, 3.05) is 0 Å². The molecule has 0 radical (unpaired) electrons. The van der Waals surface area contributed by atoms with Crippen LogP contribution >= 0.6 is 15.9 Å². The Kier molecular flexibility index (Phi) is 4.76. The standard InChI is InChI=1S/C11H12BrFN2/c1-2-3-4-11(15-14)9-6-5-8(13)7-10(9)12/h1,5-7,11,15H,3-4,14H2. The number of halogens is 2. The highest BCUT2D eigenvalue weighted by Gasteiger charge is 2.12. The molecule has 2 nitrogen and oxygen atoms in total. The van der Waals surface area contributed by atoms with Gasteiger partial charge >= 0.3 is 0 Å². The van der Waals surface area contributed by atoms with Crippen molar-refractivity contribution in [3.05, 3.63) is 34.1 Å². The van der Waals surface area contributed by atoms with E-state index in [1.54, 1.807) is 6.07 Å². The molecule has 0 saturated carbocycles. The fraction of sp³-hybridized carbons (Fsp3) is 0.273. The number of rotatable bonds is 4. The van der Waals surface area contributed by atoms with Crippen LogP contribution in [0.25, 0.3) is 0 Å². The zero-order chi connectivity index (χ0) is 11.3. The molecule has 1 unspecified atom stereocenters. The summed E-state index contributed by atoms with van der Waals surface area (Å²) in [6.07, 6.45) is 6.52. The van der Waals surface area contributed by atoms with Crippen molar-refractivity contribution in [2.24, 2.45) is 5.84 Å². The van der Waals surface area contributed by atoms with E-state index in [-0.39, 0.29) is 11.9 Å². The van der Waals surface area contributed by atoms with Crippen LogP contribution in [0.15, 0.2) is 22.7 Å². The molecule has 0 amide bonds. The molecule has 1 atom stereocenters. The van der Waals surface area contributed by atoms with Gasteiger partial charge in [0.1, 0.15) is 5.82 Å². The van der Waals surface area contributed by atoms with Crippen molar-refractivity contribution in [2.45, 2.75) is 18.9 Å². The van der Waals surface area contributed by atoms with Gasteiger partial charge < -0.3 is 0 Å². The van der Waals surface area contributed by atoms with Crippen molar-refractivity contribution in [3.63, 3.8) is 0 Å². The number of nitrogens with one attached hydrogen (secondary N) is 1. The minimum Gasteiger partial charge on any atom is -0.271 e. The van der Waals surface area contributed by atoms with Gasteiger partial charge in [-0.3, -0.25) is 11.3 Å². The summed E-state index contributed by atoms with van der Waals surface area (Å²) in [5.41, 5.74) is 3.58. The Morgan fingerprint density at radius 1 is 1.60 bits per heavy atom. The van der Waals surface area contributed by atoms with Gasteiger partial charge in [-0.2, -0.15) is 0 Å². The quantitative estimate of drug-likeness (QED) is 0.501. The van der Waals surface area contributed by atoms with Crippen molar-refractivity contribution in [1.82, 2.24) is 5.43 Å². The van der Waals surface area contributed by atoms with Gasteiger partial charge in [0.25, 0.3) is 0 Å². The van der Waals surface area contributed by atoms with E-state index in [1.807, 2.05) is 0 Å². The van der Waals surface area contributed by atoms with Crippen molar-refractivity contribution in [1.29, 1.82) is 0 Å².